The Balaban J connectivity index is 1.34. The van der Waals surface area contributed by atoms with Crippen molar-refractivity contribution in [2.45, 2.75) is 6.42 Å². The van der Waals surface area contributed by atoms with Crippen molar-refractivity contribution in [2.24, 2.45) is 0 Å². The Morgan fingerprint density at radius 3 is 2.15 bits per heavy atom. The molecule has 4 aromatic rings. The summed E-state index contributed by atoms with van der Waals surface area (Å²) < 4.78 is 5.56. The minimum atomic E-state index is -0.268. The first-order chi connectivity index (χ1) is 20.0. The van der Waals surface area contributed by atoms with Crippen LogP contribution in [0.5, 0.6) is 5.75 Å². The van der Waals surface area contributed by atoms with Crippen LogP contribution in [-0.4, -0.2) is 51.6 Å². The van der Waals surface area contributed by atoms with E-state index in [-0.39, 0.29) is 11.8 Å². The number of anilines is 3. The van der Waals surface area contributed by atoms with Gasteiger partial charge in [0.25, 0.3) is 11.8 Å². The van der Waals surface area contributed by atoms with E-state index in [0.29, 0.717) is 28.4 Å². The lowest BCUT2D eigenvalue weighted by molar-refractivity contribution is 0.0953. The predicted molar refractivity (Wildman–Crippen MR) is 166 cm³/mol. The molecule has 0 aromatic heterocycles. The van der Waals surface area contributed by atoms with Crippen LogP contribution in [0.3, 0.4) is 0 Å². The maximum Gasteiger partial charge on any atom is 0.255 e. The number of nitrogens with zero attached hydrogens (tertiary/aromatic N) is 2. The van der Waals surface area contributed by atoms with Gasteiger partial charge in [0.2, 0.25) is 0 Å². The lowest BCUT2D eigenvalue weighted by atomic mass is 10.1. The van der Waals surface area contributed by atoms with Crippen LogP contribution < -0.4 is 25.2 Å². The van der Waals surface area contributed by atoms with E-state index in [1.165, 1.54) is 0 Å². The number of halogens is 1. The Morgan fingerprint density at radius 2 is 1.44 bits per heavy atom. The molecule has 210 valence electrons. The van der Waals surface area contributed by atoms with Gasteiger partial charge in [0.05, 0.1) is 18.4 Å². The van der Waals surface area contributed by atoms with Crippen LogP contribution in [0.2, 0.25) is 5.02 Å². The van der Waals surface area contributed by atoms with E-state index in [1.807, 2.05) is 60.7 Å². The average molecular weight is 569 g/mol. The minimum Gasteiger partial charge on any atom is -0.495 e. The highest BCUT2D eigenvalue weighted by Crippen LogP contribution is 2.31. The number of amides is 2. The SMILES string of the molecule is COc1ccccc1N1CCN(c2ccc(NC(=O)c3ccc(Cl)cc3)cc2C(=O)NCCc2ccccc2)CC1. The quantitative estimate of drug-likeness (QED) is 0.263. The largest absolute Gasteiger partial charge is 0.495 e. The van der Waals surface area contributed by atoms with Crippen molar-refractivity contribution in [3.05, 3.63) is 119 Å². The second kappa shape index (κ2) is 13.2. The smallest absolute Gasteiger partial charge is 0.255 e. The van der Waals surface area contributed by atoms with Crippen LogP contribution in [-0.2, 0) is 6.42 Å². The monoisotopic (exact) mass is 568 g/mol. The molecule has 1 heterocycles. The van der Waals surface area contributed by atoms with Gasteiger partial charge >= 0.3 is 0 Å². The number of ether oxygens (including phenoxy) is 1. The predicted octanol–water partition coefficient (Wildman–Crippen LogP) is 5.90. The molecule has 1 fully saturated rings. The summed E-state index contributed by atoms with van der Waals surface area (Å²) in [5.74, 6) is 0.404. The number of methoxy groups -OCH3 is 1. The molecule has 2 N–H and O–H groups in total. The van der Waals surface area contributed by atoms with Crippen LogP contribution in [0, 0.1) is 0 Å². The van der Waals surface area contributed by atoms with Crippen LogP contribution in [0.1, 0.15) is 26.3 Å². The van der Waals surface area contributed by atoms with Crippen molar-refractivity contribution in [3.63, 3.8) is 0 Å². The topological polar surface area (TPSA) is 73.9 Å². The summed E-state index contributed by atoms with van der Waals surface area (Å²) in [5.41, 5.74) is 4.62. The molecule has 1 aliphatic heterocycles. The van der Waals surface area contributed by atoms with Gasteiger partial charge in [-0.05, 0) is 66.6 Å². The minimum absolute atomic E-state index is 0.175. The van der Waals surface area contributed by atoms with E-state index >= 15 is 0 Å². The molecule has 0 bridgehead atoms. The fraction of sp³-hybridized carbons (Fsp3) is 0.212. The zero-order valence-corrected chi connectivity index (χ0v) is 23.7. The molecule has 5 rings (SSSR count). The third-order valence-electron chi connectivity index (χ3n) is 7.19. The zero-order chi connectivity index (χ0) is 28.6. The lowest BCUT2D eigenvalue weighted by Crippen LogP contribution is -2.47. The van der Waals surface area contributed by atoms with E-state index in [9.17, 15) is 9.59 Å². The molecule has 0 atom stereocenters. The van der Waals surface area contributed by atoms with Gasteiger partial charge in [-0.25, -0.2) is 0 Å². The van der Waals surface area contributed by atoms with Crippen LogP contribution in [0.4, 0.5) is 17.1 Å². The molecular formula is C33H33ClN4O3. The molecule has 4 aromatic carbocycles. The van der Waals surface area contributed by atoms with E-state index in [1.54, 1.807) is 37.4 Å². The van der Waals surface area contributed by atoms with E-state index in [2.05, 4.69) is 26.5 Å². The molecule has 0 unspecified atom stereocenters. The number of rotatable bonds is 9. The van der Waals surface area contributed by atoms with Crippen LogP contribution in [0.25, 0.3) is 0 Å². The molecule has 7 nitrogen and oxygen atoms in total. The van der Waals surface area contributed by atoms with E-state index in [0.717, 1.165) is 55.3 Å². The van der Waals surface area contributed by atoms with Gasteiger partial charge in [0.15, 0.2) is 0 Å². The first-order valence-corrected chi connectivity index (χ1v) is 14.1. The zero-order valence-electron chi connectivity index (χ0n) is 23.0. The number of carbonyl (C=O) groups is 2. The summed E-state index contributed by atoms with van der Waals surface area (Å²) in [5, 5.41) is 6.56. The number of carbonyl (C=O) groups excluding carboxylic acids is 2. The number of para-hydroxylation sites is 2. The van der Waals surface area contributed by atoms with Crippen molar-refractivity contribution < 1.29 is 14.3 Å². The van der Waals surface area contributed by atoms with Crippen LogP contribution in [0.15, 0.2) is 97.1 Å². The van der Waals surface area contributed by atoms with Gasteiger partial charge < -0.3 is 25.2 Å². The molecule has 1 aliphatic rings. The molecule has 8 heteroatoms. The summed E-state index contributed by atoms with van der Waals surface area (Å²) in [6, 6.07) is 30.3. The summed E-state index contributed by atoms with van der Waals surface area (Å²) in [6.07, 6.45) is 0.729. The summed E-state index contributed by atoms with van der Waals surface area (Å²) in [6.45, 7) is 3.54. The molecule has 0 saturated carbocycles. The average Bonchev–Trinajstić information content (AvgIpc) is 3.02. The Bertz CT molecular complexity index is 1490. The van der Waals surface area contributed by atoms with Gasteiger partial charge in [0.1, 0.15) is 5.75 Å². The second-order valence-electron chi connectivity index (χ2n) is 9.83. The number of piperazine rings is 1. The highest BCUT2D eigenvalue weighted by Gasteiger charge is 2.24. The van der Waals surface area contributed by atoms with Gasteiger partial charge in [-0.3, -0.25) is 9.59 Å². The van der Waals surface area contributed by atoms with Gasteiger partial charge in [0, 0.05) is 54.7 Å². The van der Waals surface area contributed by atoms with Crippen LogP contribution >= 0.6 is 11.6 Å². The number of hydrogen-bond acceptors (Lipinski definition) is 5. The first-order valence-electron chi connectivity index (χ1n) is 13.7. The molecule has 0 radical (unpaired) electrons. The molecule has 41 heavy (non-hydrogen) atoms. The highest BCUT2D eigenvalue weighted by atomic mass is 35.5. The van der Waals surface area contributed by atoms with Crippen molar-refractivity contribution in [3.8, 4) is 5.75 Å². The molecule has 2 amide bonds. The molecule has 0 spiro atoms. The molecule has 1 saturated heterocycles. The Labute approximate surface area is 245 Å². The lowest BCUT2D eigenvalue weighted by Gasteiger charge is -2.38. The molecular weight excluding hydrogens is 536 g/mol. The standard InChI is InChI=1S/C33H33ClN4O3/c1-41-31-10-6-5-9-30(31)38-21-19-37(20-22-38)29-16-15-27(36-32(39)25-11-13-26(34)14-12-25)23-28(29)33(40)35-18-17-24-7-3-2-4-8-24/h2-16,23H,17-22H2,1H3,(H,35,40)(H,36,39). The maximum absolute atomic E-state index is 13.5. The number of hydrogen-bond donors (Lipinski definition) is 2. The van der Waals surface area contributed by atoms with Gasteiger partial charge in [-0.1, -0.05) is 54.1 Å². The number of benzene rings is 4. The van der Waals surface area contributed by atoms with Crippen molar-refractivity contribution in [1.29, 1.82) is 0 Å². The first kappa shape index (κ1) is 28.1. The van der Waals surface area contributed by atoms with Crippen molar-refractivity contribution >= 4 is 40.5 Å². The Morgan fingerprint density at radius 1 is 0.780 bits per heavy atom. The maximum atomic E-state index is 13.5. The van der Waals surface area contributed by atoms with Gasteiger partial charge in [-0.2, -0.15) is 0 Å². The summed E-state index contributed by atoms with van der Waals surface area (Å²) in [4.78, 5) is 30.9. The number of nitrogens with one attached hydrogen (secondary N) is 2. The van der Waals surface area contributed by atoms with Crippen molar-refractivity contribution in [1.82, 2.24) is 5.32 Å². The van der Waals surface area contributed by atoms with E-state index < -0.39 is 0 Å². The third-order valence-corrected chi connectivity index (χ3v) is 7.45. The molecule has 0 aliphatic carbocycles. The van der Waals surface area contributed by atoms with Gasteiger partial charge in [-0.15, -0.1) is 0 Å². The third kappa shape index (κ3) is 6.99. The summed E-state index contributed by atoms with van der Waals surface area (Å²) >= 11 is 5.97. The van der Waals surface area contributed by atoms with Crippen molar-refractivity contribution in [2.75, 3.05) is 55.0 Å². The Kier molecular flexibility index (Phi) is 9.06. The second-order valence-corrected chi connectivity index (χ2v) is 10.3. The Hall–Kier alpha value is -4.49. The highest BCUT2D eigenvalue weighted by molar-refractivity contribution is 6.30. The fourth-order valence-electron chi connectivity index (χ4n) is 5.02. The fourth-order valence-corrected chi connectivity index (χ4v) is 5.14. The summed E-state index contributed by atoms with van der Waals surface area (Å²) in [7, 11) is 1.69. The van der Waals surface area contributed by atoms with E-state index in [4.69, 9.17) is 16.3 Å². The normalized spacial score (nSPS) is 13.0.